The van der Waals surface area contributed by atoms with E-state index in [1.807, 2.05) is 53.9 Å². The number of thiophene rings is 1. The van der Waals surface area contributed by atoms with Gasteiger partial charge in [-0.1, -0.05) is 30.0 Å². The standard InChI is InChI=1S/C17H14N2O2S2/c1-21-15-6-3-2-5-12(15)13-8-9-17(19-18-13)23-11-14(20)16-7-4-10-22-16/h2-10H,11H2,1H3. The van der Waals surface area contributed by atoms with E-state index < -0.39 is 0 Å². The number of carbonyl (C=O) groups is 1. The summed E-state index contributed by atoms with van der Waals surface area (Å²) in [4.78, 5) is 12.8. The molecule has 4 nitrogen and oxygen atoms in total. The number of thioether (sulfide) groups is 1. The number of rotatable bonds is 6. The van der Waals surface area contributed by atoms with Crippen molar-refractivity contribution in [1.29, 1.82) is 0 Å². The first-order chi connectivity index (χ1) is 11.3. The second kappa shape index (κ2) is 7.39. The number of para-hydroxylation sites is 1. The zero-order valence-corrected chi connectivity index (χ0v) is 14.1. The molecule has 3 rings (SSSR count). The van der Waals surface area contributed by atoms with Gasteiger partial charge in [-0.2, -0.15) is 0 Å². The first kappa shape index (κ1) is 15.7. The number of ether oxygens (including phenoxy) is 1. The summed E-state index contributed by atoms with van der Waals surface area (Å²) in [7, 11) is 1.63. The van der Waals surface area contributed by atoms with Crippen molar-refractivity contribution in [2.75, 3.05) is 12.9 Å². The molecule has 0 saturated carbocycles. The van der Waals surface area contributed by atoms with Crippen LogP contribution in [0.1, 0.15) is 9.67 Å². The Morgan fingerprint density at radius 1 is 1.13 bits per heavy atom. The minimum absolute atomic E-state index is 0.112. The molecule has 0 aliphatic heterocycles. The molecule has 0 saturated heterocycles. The van der Waals surface area contributed by atoms with Gasteiger partial charge in [0, 0.05) is 5.56 Å². The van der Waals surface area contributed by atoms with Crippen LogP contribution in [0, 0.1) is 0 Å². The number of nitrogens with zero attached hydrogens (tertiary/aromatic N) is 2. The van der Waals surface area contributed by atoms with Crippen LogP contribution in [0.4, 0.5) is 0 Å². The van der Waals surface area contributed by atoms with Crippen molar-refractivity contribution in [2.24, 2.45) is 0 Å². The first-order valence-corrected chi connectivity index (χ1v) is 8.81. The van der Waals surface area contributed by atoms with E-state index in [-0.39, 0.29) is 5.78 Å². The highest BCUT2D eigenvalue weighted by molar-refractivity contribution is 7.99. The number of carbonyl (C=O) groups excluding carboxylic acids is 1. The Morgan fingerprint density at radius 2 is 2.00 bits per heavy atom. The van der Waals surface area contributed by atoms with E-state index in [0.717, 1.165) is 26.9 Å². The Bertz CT molecular complexity index is 787. The lowest BCUT2D eigenvalue weighted by molar-refractivity contribution is 0.102. The summed E-state index contributed by atoms with van der Waals surface area (Å²) < 4.78 is 5.33. The third kappa shape index (κ3) is 3.78. The van der Waals surface area contributed by atoms with Crippen LogP contribution < -0.4 is 4.74 Å². The molecule has 116 valence electrons. The summed E-state index contributed by atoms with van der Waals surface area (Å²) in [5, 5.41) is 11.1. The molecule has 0 aliphatic carbocycles. The second-order valence-corrected chi connectivity index (χ2v) is 6.59. The molecule has 0 radical (unpaired) electrons. The van der Waals surface area contributed by atoms with Gasteiger partial charge in [0.15, 0.2) is 5.78 Å². The lowest BCUT2D eigenvalue weighted by Gasteiger charge is -2.07. The maximum absolute atomic E-state index is 12.0. The number of aromatic nitrogens is 2. The summed E-state index contributed by atoms with van der Waals surface area (Å²) in [5.41, 5.74) is 1.64. The molecule has 0 fully saturated rings. The van der Waals surface area contributed by atoms with E-state index in [4.69, 9.17) is 4.74 Å². The number of methoxy groups -OCH3 is 1. The maximum Gasteiger partial charge on any atom is 0.183 e. The quantitative estimate of drug-likeness (QED) is 0.497. The third-order valence-corrected chi connectivity index (χ3v) is 5.00. The minimum Gasteiger partial charge on any atom is -0.496 e. The molecule has 1 aromatic carbocycles. The SMILES string of the molecule is COc1ccccc1-c1ccc(SCC(=O)c2cccs2)nn1. The van der Waals surface area contributed by atoms with E-state index in [0.29, 0.717) is 5.75 Å². The van der Waals surface area contributed by atoms with Gasteiger partial charge in [-0.05, 0) is 35.7 Å². The number of Topliss-reactive ketones (excluding diaryl/α,β-unsaturated/α-hetero) is 1. The van der Waals surface area contributed by atoms with Crippen LogP contribution in [0.25, 0.3) is 11.3 Å². The summed E-state index contributed by atoms with van der Waals surface area (Å²) in [6.07, 6.45) is 0. The first-order valence-electron chi connectivity index (χ1n) is 6.94. The molecule has 0 bridgehead atoms. The van der Waals surface area contributed by atoms with Gasteiger partial charge >= 0.3 is 0 Å². The van der Waals surface area contributed by atoms with Crippen molar-refractivity contribution in [3.05, 3.63) is 58.8 Å². The molecule has 0 spiro atoms. The third-order valence-electron chi connectivity index (χ3n) is 3.17. The monoisotopic (exact) mass is 342 g/mol. The van der Waals surface area contributed by atoms with E-state index in [1.54, 1.807) is 7.11 Å². The average molecular weight is 342 g/mol. The van der Waals surface area contributed by atoms with Crippen LogP contribution in [0.3, 0.4) is 0 Å². The van der Waals surface area contributed by atoms with E-state index in [2.05, 4.69) is 10.2 Å². The fraction of sp³-hybridized carbons (Fsp3) is 0.118. The summed E-state index contributed by atoms with van der Waals surface area (Å²) in [6.45, 7) is 0. The fourth-order valence-corrected chi connectivity index (χ4v) is 3.50. The van der Waals surface area contributed by atoms with E-state index in [1.165, 1.54) is 23.1 Å². The average Bonchev–Trinajstić information content (AvgIpc) is 3.15. The molecular formula is C17H14N2O2S2. The molecule has 0 unspecified atom stereocenters. The van der Waals surface area contributed by atoms with Crippen LogP contribution >= 0.6 is 23.1 Å². The Hall–Kier alpha value is -2.18. The van der Waals surface area contributed by atoms with Crippen LogP contribution in [0.2, 0.25) is 0 Å². The van der Waals surface area contributed by atoms with Gasteiger partial charge in [-0.15, -0.1) is 21.5 Å². The van der Waals surface area contributed by atoms with Gasteiger partial charge < -0.3 is 4.74 Å². The number of hydrogen-bond donors (Lipinski definition) is 0. The van der Waals surface area contributed by atoms with Crippen molar-refractivity contribution in [3.8, 4) is 17.0 Å². The fourth-order valence-electron chi connectivity index (χ4n) is 2.04. The van der Waals surface area contributed by atoms with Crippen molar-refractivity contribution in [3.63, 3.8) is 0 Å². The van der Waals surface area contributed by atoms with E-state index in [9.17, 15) is 4.79 Å². The summed E-state index contributed by atoms with van der Waals surface area (Å²) in [6, 6.07) is 15.2. The topological polar surface area (TPSA) is 52.1 Å². The number of hydrogen-bond acceptors (Lipinski definition) is 6. The van der Waals surface area contributed by atoms with Crippen molar-refractivity contribution < 1.29 is 9.53 Å². The molecular weight excluding hydrogens is 328 g/mol. The van der Waals surface area contributed by atoms with Crippen molar-refractivity contribution >= 4 is 28.9 Å². The largest absolute Gasteiger partial charge is 0.496 e. The van der Waals surface area contributed by atoms with Crippen LogP contribution in [0.5, 0.6) is 5.75 Å². The van der Waals surface area contributed by atoms with Gasteiger partial charge in [-0.3, -0.25) is 4.79 Å². The molecule has 0 N–H and O–H groups in total. The number of benzene rings is 1. The summed E-state index contributed by atoms with van der Waals surface area (Å²) in [5.74, 6) is 1.24. The van der Waals surface area contributed by atoms with Gasteiger partial charge in [0.05, 0.1) is 23.4 Å². The Kier molecular flexibility index (Phi) is 5.05. The van der Waals surface area contributed by atoms with Crippen LogP contribution in [0.15, 0.2) is 58.9 Å². The molecule has 6 heteroatoms. The molecule has 0 amide bonds. The van der Waals surface area contributed by atoms with Gasteiger partial charge in [0.2, 0.25) is 0 Å². The zero-order valence-electron chi connectivity index (χ0n) is 12.4. The predicted molar refractivity (Wildman–Crippen MR) is 93.4 cm³/mol. The number of ketones is 1. The highest BCUT2D eigenvalue weighted by Crippen LogP contribution is 2.28. The minimum atomic E-state index is 0.112. The predicted octanol–water partition coefficient (Wildman–Crippen LogP) is 4.19. The highest BCUT2D eigenvalue weighted by Gasteiger charge is 2.10. The normalized spacial score (nSPS) is 10.5. The molecule has 0 atom stereocenters. The Morgan fingerprint density at radius 3 is 2.70 bits per heavy atom. The van der Waals surface area contributed by atoms with Gasteiger partial charge in [0.1, 0.15) is 10.8 Å². The maximum atomic E-state index is 12.0. The molecule has 0 aliphatic rings. The highest BCUT2D eigenvalue weighted by atomic mass is 32.2. The molecule has 2 aromatic heterocycles. The lowest BCUT2D eigenvalue weighted by Crippen LogP contribution is -2.00. The summed E-state index contributed by atoms with van der Waals surface area (Å²) >= 11 is 2.85. The molecule has 23 heavy (non-hydrogen) atoms. The van der Waals surface area contributed by atoms with E-state index >= 15 is 0 Å². The van der Waals surface area contributed by atoms with Gasteiger partial charge in [-0.25, -0.2) is 0 Å². The molecule has 3 aromatic rings. The van der Waals surface area contributed by atoms with Crippen LogP contribution in [-0.4, -0.2) is 28.8 Å². The van der Waals surface area contributed by atoms with Gasteiger partial charge in [0.25, 0.3) is 0 Å². The molecule has 2 heterocycles. The zero-order chi connectivity index (χ0) is 16.1. The second-order valence-electron chi connectivity index (χ2n) is 4.65. The Balaban J connectivity index is 1.69. The Labute approximate surface area is 142 Å². The van der Waals surface area contributed by atoms with Crippen LogP contribution in [-0.2, 0) is 0 Å². The van der Waals surface area contributed by atoms with Crippen molar-refractivity contribution in [2.45, 2.75) is 5.03 Å². The smallest absolute Gasteiger partial charge is 0.183 e. The van der Waals surface area contributed by atoms with Crippen molar-refractivity contribution in [1.82, 2.24) is 10.2 Å². The lowest BCUT2D eigenvalue weighted by atomic mass is 10.1.